The summed E-state index contributed by atoms with van der Waals surface area (Å²) in [6.07, 6.45) is 49.9. The van der Waals surface area contributed by atoms with Crippen molar-refractivity contribution < 1.29 is 47.8 Å². The third-order valence-corrected chi connectivity index (χ3v) is 11.7. The monoisotopic (exact) mass is 885 g/mol. The van der Waals surface area contributed by atoms with E-state index in [1.165, 1.54) is 148 Å². The molecule has 61 heavy (non-hydrogen) atoms. The van der Waals surface area contributed by atoms with Gasteiger partial charge in [0.25, 0.3) is 0 Å². The maximum absolute atomic E-state index is 12.6. The van der Waals surface area contributed by atoms with Gasteiger partial charge < -0.3 is 24.6 Å². The van der Waals surface area contributed by atoms with Gasteiger partial charge in [-0.1, -0.05) is 185 Å². The normalized spacial score (nSPS) is 14.0. The van der Waals surface area contributed by atoms with Gasteiger partial charge in [-0.25, -0.2) is 4.57 Å². The Bertz CT molecular complexity index is 1110. The van der Waals surface area contributed by atoms with Crippen LogP contribution in [-0.2, 0) is 32.7 Å². The molecule has 0 aliphatic rings. The fourth-order valence-corrected chi connectivity index (χ4v) is 7.68. The number of ether oxygens (including phenoxy) is 2. The highest BCUT2D eigenvalue weighted by Crippen LogP contribution is 2.43. The number of aliphatic hydroxyl groups is 2. The molecular formula is C50H93O10P. The Morgan fingerprint density at radius 2 is 0.836 bits per heavy atom. The molecule has 0 bridgehead atoms. The number of aliphatic hydroxyl groups excluding tert-OH is 2. The lowest BCUT2D eigenvalue weighted by Crippen LogP contribution is -2.29. The number of allylic oxidation sites excluding steroid dienone is 6. The minimum atomic E-state index is -4.63. The molecule has 0 aromatic rings. The Morgan fingerprint density at radius 1 is 0.475 bits per heavy atom. The SMILES string of the molecule is CCCCCCCCCCC/C=C/CCCCC(=O)OC[C@H](COP(=O)(O)OC[C@@H](O)CO)OC(=O)CCC/C=C/CC/C=C/CCCCCCCCCCCCCCCC. The van der Waals surface area contributed by atoms with E-state index in [9.17, 15) is 24.2 Å². The zero-order chi connectivity index (χ0) is 44.8. The van der Waals surface area contributed by atoms with Crippen LogP contribution in [0.2, 0.25) is 0 Å². The molecule has 10 nitrogen and oxygen atoms in total. The highest BCUT2D eigenvalue weighted by molar-refractivity contribution is 7.47. The predicted octanol–water partition coefficient (Wildman–Crippen LogP) is 13.9. The molecule has 11 heteroatoms. The zero-order valence-electron chi connectivity index (χ0n) is 39.1. The van der Waals surface area contributed by atoms with E-state index in [2.05, 4.69) is 50.3 Å². The molecule has 0 aliphatic carbocycles. The topological polar surface area (TPSA) is 149 Å². The number of phosphoric ester groups is 1. The Labute approximate surface area is 373 Å². The summed E-state index contributed by atoms with van der Waals surface area (Å²) in [6.45, 7) is 2.35. The van der Waals surface area contributed by atoms with Crippen LogP contribution in [0.1, 0.15) is 232 Å². The molecule has 0 radical (unpaired) electrons. The highest BCUT2D eigenvalue weighted by Gasteiger charge is 2.27. The number of carbonyl (C=O) groups excluding carboxylic acids is 2. The van der Waals surface area contributed by atoms with E-state index in [-0.39, 0.29) is 19.4 Å². The van der Waals surface area contributed by atoms with Gasteiger partial charge in [0.15, 0.2) is 6.10 Å². The van der Waals surface area contributed by atoms with E-state index < -0.39 is 51.8 Å². The molecule has 0 rings (SSSR count). The van der Waals surface area contributed by atoms with Gasteiger partial charge in [0.2, 0.25) is 0 Å². The lowest BCUT2D eigenvalue weighted by Gasteiger charge is -2.20. The average molecular weight is 885 g/mol. The summed E-state index contributed by atoms with van der Waals surface area (Å²) in [5, 5.41) is 18.4. The summed E-state index contributed by atoms with van der Waals surface area (Å²) >= 11 is 0. The molecule has 3 N–H and O–H groups in total. The van der Waals surface area contributed by atoms with Crippen LogP contribution in [-0.4, -0.2) is 65.7 Å². The van der Waals surface area contributed by atoms with Crippen LogP contribution in [0.15, 0.2) is 36.5 Å². The largest absolute Gasteiger partial charge is 0.472 e. The van der Waals surface area contributed by atoms with Crippen LogP contribution in [0, 0.1) is 0 Å². The summed E-state index contributed by atoms with van der Waals surface area (Å²) in [4.78, 5) is 35.1. The Hall–Kier alpha value is -1.81. The van der Waals surface area contributed by atoms with Gasteiger partial charge in [-0.15, -0.1) is 0 Å². The smallest absolute Gasteiger partial charge is 0.462 e. The molecule has 1 unspecified atom stereocenters. The molecule has 0 saturated heterocycles. The fraction of sp³-hybridized carbons (Fsp3) is 0.840. The number of esters is 2. The first-order valence-electron chi connectivity index (χ1n) is 24.9. The molecule has 0 fully saturated rings. The van der Waals surface area contributed by atoms with Crippen molar-refractivity contribution in [2.75, 3.05) is 26.4 Å². The highest BCUT2D eigenvalue weighted by atomic mass is 31.2. The summed E-state index contributed by atoms with van der Waals surface area (Å²) in [7, 11) is -4.63. The summed E-state index contributed by atoms with van der Waals surface area (Å²) in [5.74, 6) is -0.993. The van der Waals surface area contributed by atoms with Crippen LogP contribution in [0.4, 0.5) is 0 Å². The van der Waals surface area contributed by atoms with Gasteiger partial charge in [-0.05, 0) is 70.6 Å². The molecule has 0 heterocycles. The standard InChI is InChI=1S/C50H93O10P/c1-3-5-7-9-11-13-15-17-19-20-21-22-23-24-25-26-28-30-32-34-36-38-40-42-50(54)60-48(46-59-61(55,56)58-44-47(52)43-51)45-57-49(53)41-39-37-35-33-31-29-27-18-16-14-12-10-8-6-4-2/h26,28,31,33-34,36,47-48,51-52H,3-25,27,29-30,32,35,37-46H2,1-2H3,(H,55,56)/b28-26+,33-31+,36-34+/t47-,48+/m0/s1. The van der Waals surface area contributed by atoms with E-state index in [0.717, 1.165) is 38.5 Å². The molecular weight excluding hydrogens is 792 g/mol. The second-order valence-corrected chi connectivity index (χ2v) is 18.3. The maximum atomic E-state index is 12.6. The van der Waals surface area contributed by atoms with E-state index in [0.29, 0.717) is 19.3 Å². The molecule has 0 aliphatic heterocycles. The molecule has 0 spiro atoms. The quantitative estimate of drug-likeness (QED) is 0.0233. The van der Waals surface area contributed by atoms with Gasteiger partial charge in [-0.3, -0.25) is 18.6 Å². The van der Waals surface area contributed by atoms with Crippen molar-refractivity contribution in [1.82, 2.24) is 0 Å². The second kappa shape index (κ2) is 46.2. The van der Waals surface area contributed by atoms with E-state index in [4.69, 9.17) is 23.6 Å². The number of rotatable bonds is 47. The number of hydrogen-bond donors (Lipinski definition) is 3. The van der Waals surface area contributed by atoms with E-state index in [1.54, 1.807) is 0 Å². The first-order chi connectivity index (χ1) is 29.7. The zero-order valence-corrected chi connectivity index (χ0v) is 40.0. The Morgan fingerprint density at radius 3 is 1.28 bits per heavy atom. The molecule has 0 aromatic heterocycles. The second-order valence-electron chi connectivity index (χ2n) is 16.8. The van der Waals surface area contributed by atoms with Crippen molar-refractivity contribution in [3.63, 3.8) is 0 Å². The van der Waals surface area contributed by atoms with Crippen molar-refractivity contribution in [2.45, 2.75) is 244 Å². The van der Waals surface area contributed by atoms with E-state index >= 15 is 0 Å². The summed E-state index contributed by atoms with van der Waals surface area (Å²) in [5.41, 5.74) is 0. The molecule has 3 atom stereocenters. The average Bonchev–Trinajstić information content (AvgIpc) is 3.25. The Balaban J connectivity index is 4.25. The molecule has 0 amide bonds. The van der Waals surface area contributed by atoms with Crippen LogP contribution >= 0.6 is 7.82 Å². The van der Waals surface area contributed by atoms with Gasteiger partial charge in [0.1, 0.15) is 12.7 Å². The van der Waals surface area contributed by atoms with Crippen molar-refractivity contribution in [1.29, 1.82) is 0 Å². The summed E-state index contributed by atoms with van der Waals surface area (Å²) < 4.78 is 32.7. The lowest BCUT2D eigenvalue weighted by atomic mass is 10.0. The Kier molecular flexibility index (Phi) is 44.8. The minimum absolute atomic E-state index is 0.122. The number of phosphoric acid groups is 1. The predicted molar refractivity (Wildman–Crippen MR) is 251 cm³/mol. The first-order valence-corrected chi connectivity index (χ1v) is 26.4. The fourth-order valence-electron chi connectivity index (χ4n) is 6.89. The minimum Gasteiger partial charge on any atom is -0.462 e. The number of carbonyl (C=O) groups is 2. The van der Waals surface area contributed by atoms with Crippen molar-refractivity contribution >= 4 is 19.8 Å². The molecule has 358 valence electrons. The van der Waals surface area contributed by atoms with Crippen LogP contribution < -0.4 is 0 Å². The molecule has 0 saturated carbocycles. The van der Waals surface area contributed by atoms with Crippen molar-refractivity contribution in [3.05, 3.63) is 36.5 Å². The van der Waals surface area contributed by atoms with Crippen molar-refractivity contribution in [3.8, 4) is 0 Å². The van der Waals surface area contributed by atoms with Gasteiger partial charge in [0, 0.05) is 12.8 Å². The van der Waals surface area contributed by atoms with Crippen LogP contribution in [0.3, 0.4) is 0 Å². The number of unbranched alkanes of at least 4 members (excludes halogenated alkanes) is 27. The van der Waals surface area contributed by atoms with Gasteiger partial charge in [0.05, 0.1) is 19.8 Å². The first kappa shape index (κ1) is 59.2. The van der Waals surface area contributed by atoms with Gasteiger partial charge in [-0.2, -0.15) is 0 Å². The maximum Gasteiger partial charge on any atom is 0.472 e. The van der Waals surface area contributed by atoms with Crippen LogP contribution in [0.25, 0.3) is 0 Å². The van der Waals surface area contributed by atoms with Gasteiger partial charge >= 0.3 is 19.8 Å². The third kappa shape index (κ3) is 46.0. The third-order valence-electron chi connectivity index (χ3n) is 10.7. The van der Waals surface area contributed by atoms with E-state index in [1.807, 2.05) is 0 Å². The lowest BCUT2D eigenvalue weighted by molar-refractivity contribution is -0.161. The molecule has 0 aromatic carbocycles. The van der Waals surface area contributed by atoms with Crippen molar-refractivity contribution in [2.24, 2.45) is 0 Å². The van der Waals surface area contributed by atoms with Crippen LogP contribution in [0.5, 0.6) is 0 Å². The summed E-state index contributed by atoms with van der Waals surface area (Å²) in [6, 6.07) is 0. The number of hydrogen-bond acceptors (Lipinski definition) is 9.